The lowest BCUT2D eigenvalue weighted by Crippen LogP contribution is -2.53. The van der Waals surface area contributed by atoms with Crippen LogP contribution in [-0.2, 0) is 0 Å². The zero-order chi connectivity index (χ0) is 15.0. The van der Waals surface area contributed by atoms with Crippen LogP contribution in [0.2, 0.25) is 0 Å². The Balaban J connectivity index is 1.82. The van der Waals surface area contributed by atoms with E-state index in [1.807, 2.05) is 6.92 Å². The fourth-order valence-corrected chi connectivity index (χ4v) is 3.77. The van der Waals surface area contributed by atoms with Gasteiger partial charge in [-0.2, -0.15) is 0 Å². The number of aliphatic hydroxyl groups is 1. The van der Waals surface area contributed by atoms with Gasteiger partial charge in [-0.3, -0.25) is 0 Å². The van der Waals surface area contributed by atoms with E-state index < -0.39 is 5.60 Å². The van der Waals surface area contributed by atoms with E-state index in [2.05, 4.69) is 29.8 Å². The molecule has 4 nitrogen and oxygen atoms in total. The molecule has 1 aliphatic carbocycles. The van der Waals surface area contributed by atoms with Crippen LogP contribution in [0.4, 0.5) is 5.95 Å². The molecule has 1 aliphatic heterocycles. The predicted molar refractivity (Wildman–Crippen MR) is 84.6 cm³/mol. The van der Waals surface area contributed by atoms with Crippen LogP contribution >= 0.6 is 0 Å². The van der Waals surface area contributed by atoms with Gasteiger partial charge in [-0.05, 0) is 38.2 Å². The second-order valence-corrected chi connectivity index (χ2v) is 7.13. The van der Waals surface area contributed by atoms with Crippen LogP contribution in [0.25, 0.3) is 0 Å². The molecule has 0 radical (unpaired) electrons. The molecule has 1 aromatic heterocycles. The molecule has 0 bridgehead atoms. The summed E-state index contributed by atoms with van der Waals surface area (Å²) in [4.78, 5) is 11.7. The third-order valence-corrected chi connectivity index (χ3v) is 5.16. The molecule has 0 spiro atoms. The van der Waals surface area contributed by atoms with Gasteiger partial charge >= 0.3 is 0 Å². The molecule has 2 aliphatic rings. The fraction of sp³-hybridized carbons (Fsp3) is 0.765. The van der Waals surface area contributed by atoms with Crippen LogP contribution in [0, 0.1) is 12.8 Å². The molecule has 116 valence electrons. The van der Waals surface area contributed by atoms with Gasteiger partial charge < -0.3 is 10.0 Å². The summed E-state index contributed by atoms with van der Waals surface area (Å²) in [6, 6.07) is 2.08. The molecule has 1 saturated heterocycles. The first-order valence-corrected chi connectivity index (χ1v) is 8.31. The minimum Gasteiger partial charge on any atom is -0.389 e. The number of aryl methyl sites for hydroxylation is 1. The number of aromatic nitrogens is 2. The van der Waals surface area contributed by atoms with E-state index in [9.17, 15) is 5.11 Å². The topological polar surface area (TPSA) is 49.2 Å². The minimum absolute atomic E-state index is 0.381. The molecule has 2 unspecified atom stereocenters. The maximum absolute atomic E-state index is 10.8. The lowest BCUT2D eigenvalue weighted by Gasteiger charge is -2.47. The average molecular weight is 289 g/mol. The summed E-state index contributed by atoms with van der Waals surface area (Å²) in [7, 11) is 0. The summed E-state index contributed by atoms with van der Waals surface area (Å²) in [5.74, 6) is 1.65. The average Bonchev–Trinajstić information content (AvgIpc) is 2.45. The fourth-order valence-electron chi connectivity index (χ4n) is 3.77. The first-order valence-electron chi connectivity index (χ1n) is 8.31. The van der Waals surface area contributed by atoms with Crippen molar-refractivity contribution < 1.29 is 5.11 Å². The number of nitrogens with zero attached hydrogens (tertiary/aromatic N) is 3. The van der Waals surface area contributed by atoms with Crippen molar-refractivity contribution in [1.82, 2.24) is 9.97 Å². The van der Waals surface area contributed by atoms with E-state index in [0.29, 0.717) is 11.8 Å². The minimum atomic E-state index is -0.431. The Kier molecular flexibility index (Phi) is 3.91. The van der Waals surface area contributed by atoms with Crippen molar-refractivity contribution in [2.45, 2.75) is 64.4 Å². The monoisotopic (exact) mass is 289 g/mol. The van der Waals surface area contributed by atoms with Gasteiger partial charge in [-0.25, -0.2) is 9.97 Å². The Hall–Kier alpha value is -1.16. The van der Waals surface area contributed by atoms with Crippen molar-refractivity contribution >= 4 is 5.95 Å². The molecular weight excluding hydrogens is 262 g/mol. The number of piperidine rings is 1. The second kappa shape index (κ2) is 5.56. The molecule has 2 atom stereocenters. The molecule has 1 saturated carbocycles. The highest BCUT2D eigenvalue weighted by atomic mass is 16.3. The summed E-state index contributed by atoms with van der Waals surface area (Å²) < 4.78 is 0. The zero-order valence-electron chi connectivity index (χ0n) is 13.5. The van der Waals surface area contributed by atoms with Crippen molar-refractivity contribution in [2.24, 2.45) is 5.92 Å². The number of anilines is 1. The number of hydrogen-bond acceptors (Lipinski definition) is 4. The summed E-state index contributed by atoms with van der Waals surface area (Å²) in [6.07, 6.45) is 5.37. The van der Waals surface area contributed by atoms with E-state index in [-0.39, 0.29) is 0 Å². The Bertz CT molecular complexity index is 517. The summed E-state index contributed by atoms with van der Waals surface area (Å²) >= 11 is 0. The largest absolute Gasteiger partial charge is 0.389 e. The summed E-state index contributed by atoms with van der Waals surface area (Å²) in [5, 5.41) is 10.8. The van der Waals surface area contributed by atoms with Crippen LogP contribution in [0.1, 0.15) is 63.3 Å². The van der Waals surface area contributed by atoms with E-state index in [4.69, 9.17) is 4.98 Å². The SMILES string of the molecule is Cc1cc(C(C)C)nc(N2CCC3(O)CCCCC3C2)n1. The maximum atomic E-state index is 10.8. The van der Waals surface area contributed by atoms with Crippen LogP contribution in [0.5, 0.6) is 0 Å². The number of fused-ring (bicyclic) bond motifs is 1. The normalized spacial score (nSPS) is 29.6. The Labute approximate surface area is 127 Å². The van der Waals surface area contributed by atoms with Crippen LogP contribution in [-0.4, -0.2) is 33.8 Å². The second-order valence-electron chi connectivity index (χ2n) is 7.13. The lowest BCUT2D eigenvalue weighted by molar-refractivity contribution is -0.0614. The quantitative estimate of drug-likeness (QED) is 0.909. The molecule has 0 amide bonds. The molecule has 1 aromatic rings. The standard InChI is InChI=1S/C17H27N3O/c1-12(2)15-10-13(3)18-16(19-15)20-9-8-17(21)7-5-4-6-14(17)11-20/h10,12,14,21H,4-9,11H2,1-3H3. The first-order chi connectivity index (χ1) is 9.98. The number of rotatable bonds is 2. The van der Waals surface area contributed by atoms with Gasteiger partial charge in [-0.1, -0.05) is 26.7 Å². The van der Waals surface area contributed by atoms with Crippen molar-refractivity contribution in [3.8, 4) is 0 Å². The van der Waals surface area contributed by atoms with Crippen LogP contribution in [0.3, 0.4) is 0 Å². The van der Waals surface area contributed by atoms with Gasteiger partial charge in [0.15, 0.2) is 0 Å². The van der Waals surface area contributed by atoms with E-state index in [1.165, 1.54) is 12.8 Å². The first kappa shape index (κ1) is 14.8. The molecule has 2 heterocycles. The van der Waals surface area contributed by atoms with Crippen LogP contribution < -0.4 is 4.90 Å². The van der Waals surface area contributed by atoms with Crippen LogP contribution in [0.15, 0.2) is 6.07 Å². The molecule has 4 heteroatoms. The Morgan fingerprint density at radius 1 is 1.29 bits per heavy atom. The highest BCUT2D eigenvalue weighted by Crippen LogP contribution is 2.40. The van der Waals surface area contributed by atoms with Gasteiger partial charge in [0.1, 0.15) is 0 Å². The molecule has 3 rings (SSSR count). The molecule has 0 aromatic carbocycles. The van der Waals surface area contributed by atoms with E-state index >= 15 is 0 Å². The lowest BCUT2D eigenvalue weighted by atomic mass is 9.71. The third kappa shape index (κ3) is 2.91. The maximum Gasteiger partial charge on any atom is 0.225 e. The number of hydrogen-bond donors (Lipinski definition) is 1. The predicted octanol–water partition coefficient (Wildman–Crippen LogP) is 3.04. The molecule has 21 heavy (non-hydrogen) atoms. The van der Waals surface area contributed by atoms with Gasteiger partial charge in [0.2, 0.25) is 5.95 Å². The highest BCUT2D eigenvalue weighted by Gasteiger charge is 2.43. The van der Waals surface area contributed by atoms with Gasteiger partial charge in [0.25, 0.3) is 0 Å². The summed E-state index contributed by atoms with van der Waals surface area (Å²) in [5.41, 5.74) is 1.72. The Morgan fingerprint density at radius 3 is 2.86 bits per heavy atom. The highest BCUT2D eigenvalue weighted by molar-refractivity contribution is 5.34. The van der Waals surface area contributed by atoms with Crippen molar-refractivity contribution in [1.29, 1.82) is 0 Å². The van der Waals surface area contributed by atoms with Crippen molar-refractivity contribution in [3.63, 3.8) is 0 Å². The van der Waals surface area contributed by atoms with Gasteiger partial charge in [0, 0.05) is 30.4 Å². The molecular formula is C17H27N3O. The summed E-state index contributed by atoms with van der Waals surface area (Å²) in [6.45, 7) is 8.15. The van der Waals surface area contributed by atoms with Gasteiger partial charge in [-0.15, -0.1) is 0 Å². The third-order valence-electron chi connectivity index (χ3n) is 5.16. The molecule has 2 fully saturated rings. The van der Waals surface area contributed by atoms with Gasteiger partial charge in [0.05, 0.1) is 5.60 Å². The van der Waals surface area contributed by atoms with Crippen molar-refractivity contribution in [2.75, 3.05) is 18.0 Å². The zero-order valence-corrected chi connectivity index (χ0v) is 13.5. The van der Waals surface area contributed by atoms with E-state index in [1.54, 1.807) is 0 Å². The van der Waals surface area contributed by atoms with E-state index in [0.717, 1.165) is 49.7 Å². The van der Waals surface area contributed by atoms with Crippen molar-refractivity contribution in [3.05, 3.63) is 17.5 Å². The molecule has 1 N–H and O–H groups in total. The smallest absolute Gasteiger partial charge is 0.225 e. The Morgan fingerprint density at radius 2 is 2.10 bits per heavy atom.